The molecule has 0 fully saturated rings. The molecule has 0 radical (unpaired) electrons. The van der Waals surface area contributed by atoms with Gasteiger partial charge >= 0.3 is 0 Å². The maximum absolute atomic E-state index is 4.24. The fraction of sp³-hybridized carbons (Fsp3) is 1.00. The van der Waals surface area contributed by atoms with Crippen LogP contribution < -0.4 is 0 Å². The van der Waals surface area contributed by atoms with Crippen LogP contribution in [0.3, 0.4) is 0 Å². The quantitative estimate of drug-likeness (QED) is 0.275. The lowest BCUT2D eigenvalue weighted by Crippen LogP contribution is -2.48. The van der Waals surface area contributed by atoms with Gasteiger partial charge in [0.05, 0.1) is 26.2 Å². The Kier molecular flexibility index (Phi) is 12.6. The summed E-state index contributed by atoms with van der Waals surface area (Å²) in [5.74, 6) is 1.06. The zero-order chi connectivity index (χ0) is 13.7. The molecule has 0 aromatic heterocycles. The summed E-state index contributed by atoms with van der Waals surface area (Å²) in [6.07, 6.45) is 11.3. The normalized spacial score (nSPS) is 12.0. The summed E-state index contributed by atoms with van der Waals surface area (Å²) in [6, 6.07) is 0. The van der Waals surface area contributed by atoms with E-state index in [-0.39, 0.29) is 0 Å². The predicted octanol–water partition coefficient (Wildman–Crippen LogP) is 4.91. The molecule has 0 bridgehead atoms. The van der Waals surface area contributed by atoms with Gasteiger partial charge in [0.15, 0.2) is 0 Å². The molecule has 1 nitrogen and oxygen atoms in total. The fourth-order valence-corrected chi connectivity index (χ4v) is 2.99. The van der Waals surface area contributed by atoms with Gasteiger partial charge in [-0.2, -0.15) is 12.6 Å². The van der Waals surface area contributed by atoms with Gasteiger partial charge < -0.3 is 4.48 Å². The lowest BCUT2D eigenvalue weighted by Gasteiger charge is -2.35. The molecule has 18 heavy (non-hydrogen) atoms. The molecule has 0 atom stereocenters. The fourth-order valence-electron chi connectivity index (χ4n) is 2.76. The van der Waals surface area contributed by atoms with Crippen LogP contribution in [-0.2, 0) is 0 Å². The molecule has 0 aliphatic rings. The van der Waals surface area contributed by atoms with Crippen LogP contribution in [0.25, 0.3) is 0 Å². The van der Waals surface area contributed by atoms with Crippen LogP contribution in [-0.4, -0.2) is 36.4 Å². The van der Waals surface area contributed by atoms with Gasteiger partial charge in [-0.1, -0.05) is 32.1 Å². The van der Waals surface area contributed by atoms with Gasteiger partial charge in [-0.05, 0) is 45.8 Å². The Morgan fingerprint density at radius 2 is 1.00 bits per heavy atom. The first-order chi connectivity index (χ1) is 8.74. The van der Waals surface area contributed by atoms with E-state index in [2.05, 4.69) is 33.4 Å². The monoisotopic (exact) mass is 274 g/mol. The van der Waals surface area contributed by atoms with Gasteiger partial charge in [-0.3, -0.25) is 0 Å². The van der Waals surface area contributed by atoms with Crippen molar-refractivity contribution in [1.82, 2.24) is 0 Å². The molecule has 0 aliphatic carbocycles. The van der Waals surface area contributed by atoms with Crippen LogP contribution in [0, 0.1) is 0 Å². The molecule has 0 unspecified atom stereocenters. The zero-order valence-electron chi connectivity index (χ0n) is 13.1. The molecule has 2 heteroatoms. The third-order valence-electron chi connectivity index (χ3n) is 4.55. The Hall–Kier alpha value is 0.310. The van der Waals surface area contributed by atoms with Gasteiger partial charge in [-0.25, -0.2) is 0 Å². The molecule has 0 rings (SSSR count). The third kappa shape index (κ3) is 8.42. The van der Waals surface area contributed by atoms with Crippen molar-refractivity contribution in [2.45, 2.75) is 72.1 Å². The molecule has 0 aromatic carbocycles. The Bertz CT molecular complexity index is 158. The molecule has 0 saturated heterocycles. The topological polar surface area (TPSA) is 0 Å². The summed E-state index contributed by atoms with van der Waals surface area (Å²) < 4.78 is 1.32. The van der Waals surface area contributed by atoms with Crippen molar-refractivity contribution in [3.63, 3.8) is 0 Å². The van der Waals surface area contributed by atoms with Crippen molar-refractivity contribution in [2.24, 2.45) is 0 Å². The highest BCUT2D eigenvalue weighted by Gasteiger charge is 2.19. The van der Waals surface area contributed by atoms with Crippen molar-refractivity contribution in [3.05, 3.63) is 0 Å². The highest BCUT2D eigenvalue weighted by atomic mass is 32.1. The second kappa shape index (κ2) is 12.3. The number of nitrogens with zero attached hydrogens (tertiary/aromatic N) is 1. The molecule has 0 aromatic rings. The standard InChI is InChI=1S/C16H35NS/c1-4-17(5-2,6-3)15-13-11-9-7-8-10-12-14-16-18/h4-16H2,1-3H3/p+1. The number of quaternary nitrogens is 1. The van der Waals surface area contributed by atoms with Crippen LogP contribution in [0.4, 0.5) is 0 Å². The summed E-state index contributed by atoms with van der Waals surface area (Å²) in [6.45, 7) is 12.3. The molecule has 0 heterocycles. The molecule has 0 saturated carbocycles. The van der Waals surface area contributed by atoms with Crippen LogP contribution >= 0.6 is 12.6 Å². The van der Waals surface area contributed by atoms with E-state index in [0.29, 0.717) is 0 Å². The minimum atomic E-state index is 1.06. The van der Waals surface area contributed by atoms with E-state index >= 15 is 0 Å². The van der Waals surface area contributed by atoms with Crippen LogP contribution in [0.5, 0.6) is 0 Å². The van der Waals surface area contributed by atoms with Crippen LogP contribution in [0.15, 0.2) is 0 Å². The average Bonchev–Trinajstić information content (AvgIpc) is 2.42. The Balaban J connectivity index is 3.38. The third-order valence-corrected chi connectivity index (χ3v) is 4.87. The molecular formula is C16H36NS+. The smallest absolute Gasteiger partial charge is 0.0786 e. The minimum Gasteiger partial charge on any atom is -0.324 e. The number of thiol groups is 1. The Morgan fingerprint density at radius 1 is 0.611 bits per heavy atom. The first kappa shape index (κ1) is 18.3. The highest BCUT2D eigenvalue weighted by Crippen LogP contribution is 2.12. The molecule has 0 N–H and O–H groups in total. The summed E-state index contributed by atoms with van der Waals surface area (Å²) in [5, 5.41) is 0. The first-order valence-electron chi connectivity index (χ1n) is 8.20. The van der Waals surface area contributed by atoms with Crippen molar-refractivity contribution < 1.29 is 4.48 Å². The largest absolute Gasteiger partial charge is 0.324 e. The summed E-state index contributed by atoms with van der Waals surface area (Å²) >= 11 is 4.24. The zero-order valence-corrected chi connectivity index (χ0v) is 14.0. The minimum absolute atomic E-state index is 1.06. The highest BCUT2D eigenvalue weighted by molar-refractivity contribution is 7.80. The van der Waals surface area contributed by atoms with Crippen LogP contribution in [0.1, 0.15) is 72.1 Å². The first-order valence-corrected chi connectivity index (χ1v) is 8.83. The van der Waals surface area contributed by atoms with E-state index in [1.165, 1.54) is 82.0 Å². The van der Waals surface area contributed by atoms with Gasteiger partial charge in [0.1, 0.15) is 0 Å². The summed E-state index contributed by atoms with van der Waals surface area (Å²) in [7, 11) is 0. The predicted molar refractivity (Wildman–Crippen MR) is 87.5 cm³/mol. The van der Waals surface area contributed by atoms with Crippen molar-refractivity contribution in [3.8, 4) is 0 Å². The van der Waals surface area contributed by atoms with Gasteiger partial charge in [-0.15, -0.1) is 0 Å². The van der Waals surface area contributed by atoms with Crippen molar-refractivity contribution in [2.75, 3.05) is 31.9 Å². The van der Waals surface area contributed by atoms with Crippen molar-refractivity contribution in [1.29, 1.82) is 0 Å². The molecule has 0 spiro atoms. The molecule has 110 valence electrons. The number of hydrogen-bond donors (Lipinski definition) is 1. The van der Waals surface area contributed by atoms with E-state index in [1.54, 1.807) is 0 Å². The van der Waals surface area contributed by atoms with Gasteiger partial charge in [0.25, 0.3) is 0 Å². The van der Waals surface area contributed by atoms with Gasteiger partial charge in [0.2, 0.25) is 0 Å². The van der Waals surface area contributed by atoms with E-state index in [0.717, 1.165) is 5.75 Å². The Labute approximate surface area is 121 Å². The maximum atomic E-state index is 4.24. The summed E-state index contributed by atoms with van der Waals surface area (Å²) in [5.41, 5.74) is 0. The number of rotatable bonds is 13. The average molecular weight is 275 g/mol. The maximum Gasteiger partial charge on any atom is 0.0786 e. The van der Waals surface area contributed by atoms with E-state index in [4.69, 9.17) is 0 Å². The molecular weight excluding hydrogens is 238 g/mol. The second-order valence-electron chi connectivity index (χ2n) is 5.57. The summed E-state index contributed by atoms with van der Waals surface area (Å²) in [4.78, 5) is 0. The lowest BCUT2D eigenvalue weighted by atomic mass is 10.1. The number of hydrogen-bond acceptors (Lipinski definition) is 1. The molecule has 0 amide bonds. The van der Waals surface area contributed by atoms with Crippen LogP contribution in [0.2, 0.25) is 0 Å². The van der Waals surface area contributed by atoms with E-state index < -0.39 is 0 Å². The lowest BCUT2D eigenvalue weighted by molar-refractivity contribution is -0.923. The number of unbranched alkanes of at least 4 members (excludes halogenated alkanes) is 7. The second-order valence-corrected chi connectivity index (χ2v) is 6.01. The van der Waals surface area contributed by atoms with E-state index in [1.807, 2.05) is 0 Å². The SMILES string of the molecule is CC[N+](CC)(CC)CCCCCCCCCCS. The molecule has 0 aliphatic heterocycles. The van der Waals surface area contributed by atoms with Crippen molar-refractivity contribution >= 4 is 12.6 Å². The van der Waals surface area contributed by atoms with E-state index in [9.17, 15) is 0 Å². The van der Waals surface area contributed by atoms with Gasteiger partial charge in [0, 0.05) is 0 Å². The Morgan fingerprint density at radius 3 is 1.39 bits per heavy atom.